The Morgan fingerprint density at radius 3 is 2.61 bits per heavy atom. The lowest BCUT2D eigenvalue weighted by molar-refractivity contribution is 0.250. The molecule has 0 amide bonds. The van der Waals surface area contributed by atoms with Gasteiger partial charge in [0.2, 0.25) is 10.0 Å². The first-order valence-electron chi connectivity index (χ1n) is 5.65. The minimum Gasteiger partial charge on any atom is -0.398 e. The van der Waals surface area contributed by atoms with E-state index in [9.17, 15) is 8.42 Å². The fraction of sp³-hybridized carbons (Fsp3) is 0.455. The Hall–Kier alpha value is -0.820. The number of halogens is 1. The lowest BCUT2D eigenvalue weighted by atomic mass is 10.3. The van der Waals surface area contributed by atoms with Gasteiger partial charge in [0.05, 0.1) is 17.3 Å². The van der Waals surface area contributed by atoms with Crippen molar-refractivity contribution < 1.29 is 13.5 Å². The minimum atomic E-state index is -3.74. The molecule has 3 N–H and O–H groups in total. The van der Waals surface area contributed by atoms with Crippen molar-refractivity contribution in [1.29, 1.82) is 0 Å². The predicted octanol–water partition coefficient (Wildman–Crippen LogP) is 1.07. The molecule has 0 radical (unpaired) electrons. The monoisotopic (exact) mass is 290 g/mol. The Bertz CT molecular complexity index is 523. The summed E-state index contributed by atoms with van der Waals surface area (Å²) < 4.78 is 26.3. The molecule has 7 heteroatoms. The van der Waals surface area contributed by atoms with Crippen molar-refractivity contribution in [1.82, 2.24) is 4.31 Å². The summed E-state index contributed by atoms with van der Waals surface area (Å²) in [5.74, 6) is 0. The normalized spacial score (nSPS) is 16.2. The molecule has 1 fully saturated rings. The Kier molecular flexibility index (Phi) is 3.82. The van der Waals surface area contributed by atoms with E-state index in [1.165, 1.54) is 16.4 Å². The second-order valence-corrected chi connectivity index (χ2v) is 6.46. The number of benzene rings is 1. The van der Waals surface area contributed by atoms with Crippen molar-refractivity contribution in [2.75, 3.05) is 18.9 Å². The lowest BCUT2D eigenvalue weighted by Crippen LogP contribution is -2.36. The molecule has 1 aliphatic carbocycles. The third-order valence-corrected chi connectivity index (χ3v) is 5.34. The maximum atomic E-state index is 12.5. The topological polar surface area (TPSA) is 83.6 Å². The number of aliphatic hydroxyl groups excluding tert-OH is 1. The molecular formula is C11H15ClN2O3S. The molecule has 0 aromatic heterocycles. The van der Waals surface area contributed by atoms with E-state index in [1.807, 2.05) is 0 Å². The summed E-state index contributed by atoms with van der Waals surface area (Å²) in [7, 11) is -3.74. The van der Waals surface area contributed by atoms with Crippen LogP contribution < -0.4 is 5.73 Å². The van der Waals surface area contributed by atoms with Gasteiger partial charge in [-0.2, -0.15) is 4.31 Å². The number of rotatable bonds is 5. The average molecular weight is 291 g/mol. The number of nitrogen functional groups attached to an aromatic ring is 1. The van der Waals surface area contributed by atoms with Gasteiger partial charge in [-0.05, 0) is 25.0 Å². The summed E-state index contributed by atoms with van der Waals surface area (Å²) in [5.41, 5.74) is 5.84. The third-order valence-electron chi connectivity index (χ3n) is 2.84. The van der Waals surface area contributed by atoms with Crippen molar-refractivity contribution in [3.63, 3.8) is 0 Å². The van der Waals surface area contributed by atoms with Gasteiger partial charge in [0.15, 0.2) is 0 Å². The molecule has 0 heterocycles. The van der Waals surface area contributed by atoms with Gasteiger partial charge in [-0.1, -0.05) is 17.7 Å². The van der Waals surface area contributed by atoms with E-state index in [0.29, 0.717) is 0 Å². The van der Waals surface area contributed by atoms with Gasteiger partial charge >= 0.3 is 0 Å². The molecule has 5 nitrogen and oxygen atoms in total. The van der Waals surface area contributed by atoms with Crippen molar-refractivity contribution in [3.8, 4) is 0 Å². The van der Waals surface area contributed by atoms with Gasteiger partial charge in [-0.3, -0.25) is 0 Å². The van der Waals surface area contributed by atoms with Crippen LogP contribution in [-0.2, 0) is 10.0 Å². The lowest BCUT2D eigenvalue weighted by Gasteiger charge is -2.22. The molecule has 0 saturated heterocycles. The van der Waals surface area contributed by atoms with Gasteiger partial charge in [0.1, 0.15) is 4.90 Å². The second kappa shape index (κ2) is 5.05. The van der Waals surface area contributed by atoms with E-state index in [2.05, 4.69) is 0 Å². The zero-order valence-corrected chi connectivity index (χ0v) is 11.3. The Morgan fingerprint density at radius 2 is 2.11 bits per heavy atom. The molecule has 0 atom stereocenters. The molecule has 1 aliphatic rings. The van der Waals surface area contributed by atoms with Crippen LogP contribution in [-0.4, -0.2) is 37.0 Å². The number of anilines is 1. The molecule has 0 spiro atoms. The Labute approximate surface area is 111 Å². The van der Waals surface area contributed by atoms with Gasteiger partial charge in [0, 0.05) is 12.6 Å². The first-order chi connectivity index (χ1) is 8.48. The highest BCUT2D eigenvalue weighted by Crippen LogP contribution is 2.36. The van der Waals surface area contributed by atoms with Crippen LogP contribution in [0.1, 0.15) is 12.8 Å². The molecule has 2 rings (SSSR count). The molecule has 100 valence electrons. The van der Waals surface area contributed by atoms with E-state index >= 15 is 0 Å². The van der Waals surface area contributed by atoms with Gasteiger partial charge in [-0.25, -0.2) is 8.42 Å². The first kappa shape index (κ1) is 13.6. The molecule has 0 aliphatic heterocycles. The fourth-order valence-electron chi connectivity index (χ4n) is 1.88. The third kappa shape index (κ3) is 2.47. The highest BCUT2D eigenvalue weighted by atomic mass is 35.5. The zero-order chi connectivity index (χ0) is 13.3. The highest BCUT2D eigenvalue weighted by Gasteiger charge is 2.39. The number of hydrogen-bond donors (Lipinski definition) is 2. The quantitative estimate of drug-likeness (QED) is 0.795. The van der Waals surface area contributed by atoms with E-state index in [4.69, 9.17) is 22.4 Å². The molecular weight excluding hydrogens is 276 g/mol. The number of nitrogens with zero attached hydrogens (tertiary/aromatic N) is 1. The first-order valence-corrected chi connectivity index (χ1v) is 7.47. The van der Waals surface area contributed by atoms with E-state index in [0.717, 1.165) is 12.8 Å². The highest BCUT2D eigenvalue weighted by molar-refractivity contribution is 7.89. The summed E-state index contributed by atoms with van der Waals surface area (Å²) >= 11 is 5.94. The zero-order valence-electron chi connectivity index (χ0n) is 9.71. The maximum absolute atomic E-state index is 12.5. The molecule has 1 saturated carbocycles. The Morgan fingerprint density at radius 1 is 1.44 bits per heavy atom. The number of hydrogen-bond acceptors (Lipinski definition) is 4. The maximum Gasteiger partial charge on any atom is 0.246 e. The fourth-order valence-corrected chi connectivity index (χ4v) is 4.19. The predicted molar refractivity (Wildman–Crippen MR) is 69.9 cm³/mol. The summed E-state index contributed by atoms with van der Waals surface area (Å²) in [6, 6.07) is 4.56. The minimum absolute atomic E-state index is 0.0437. The smallest absolute Gasteiger partial charge is 0.246 e. The molecule has 1 aromatic carbocycles. The largest absolute Gasteiger partial charge is 0.398 e. The molecule has 18 heavy (non-hydrogen) atoms. The Balaban J connectivity index is 2.46. The number of sulfonamides is 1. The van der Waals surface area contributed by atoms with Crippen molar-refractivity contribution in [2.45, 2.75) is 23.8 Å². The SMILES string of the molecule is Nc1cccc(Cl)c1S(=O)(=O)N(CCO)C1CC1. The average Bonchev–Trinajstić information content (AvgIpc) is 3.08. The van der Waals surface area contributed by atoms with Gasteiger partial charge in [0.25, 0.3) is 0 Å². The van der Waals surface area contributed by atoms with Crippen LogP contribution in [0.5, 0.6) is 0 Å². The van der Waals surface area contributed by atoms with E-state index in [1.54, 1.807) is 6.07 Å². The second-order valence-electron chi connectivity index (χ2n) is 4.23. The van der Waals surface area contributed by atoms with Crippen LogP contribution in [0.2, 0.25) is 5.02 Å². The van der Waals surface area contributed by atoms with Crippen molar-refractivity contribution in [3.05, 3.63) is 23.2 Å². The summed E-state index contributed by atoms with van der Waals surface area (Å²) in [6.45, 7) is -0.155. The number of nitrogens with two attached hydrogens (primary N) is 1. The van der Waals surface area contributed by atoms with E-state index < -0.39 is 10.0 Å². The summed E-state index contributed by atoms with van der Waals surface area (Å²) in [4.78, 5) is -0.0629. The van der Waals surface area contributed by atoms with E-state index in [-0.39, 0.29) is 34.8 Å². The molecule has 0 unspecified atom stereocenters. The number of aliphatic hydroxyl groups is 1. The standard InChI is InChI=1S/C11H15ClN2O3S/c12-9-2-1-3-10(13)11(9)18(16,17)14(6-7-15)8-4-5-8/h1-3,8,15H,4-7,13H2. The van der Waals surface area contributed by atoms with Crippen LogP contribution >= 0.6 is 11.6 Å². The van der Waals surface area contributed by atoms with Crippen LogP contribution in [0.15, 0.2) is 23.1 Å². The van der Waals surface area contributed by atoms with Crippen LogP contribution in [0.25, 0.3) is 0 Å². The van der Waals surface area contributed by atoms with Gasteiger partial charge < -0.3 is 10.8 Å². The van der Waals surface area contributed by atoms with Crippen LogP contribution in [0, 0.1) is 0 Å². The van der Waals surface area contributed by atoms with Crippen molar-refractivity contribution >= 4 is 27.3 Å². The summed E-state index contributed by atoms with van der Waals surface area (Å²) in [5, 5.41) is 9.10. The van der Waals surface area contributed by atoms with Crippen LogP contribution in [0.4, 0.5) is 5.69 Å². The molecule has 1 aromatic rings. The van der Waals surface area contributed by atoms with Gasteiger partial charge in [-0.15, -0.1) is 0 Å². The van der Waals surface area contributed by atoms with Crippen molar-refractivity contribution in [2.24, 2.45) is 0 Å². The summed E-state index contributed by atoms with van der Waals surface area (Å²) in [6.07, 6.45) is 1.62. The molecule has 0 bridgehead atoms. The van der Waals surface area contributed by atoms with Crippen LogP contribution in [0.3, 0.4) is 0 Å².